The zero-order chi connectivity index (χ0) is 17.1. The molecule has 130 valence electrons. The van der Waals surface area contributed by atoms with Gasteiger partial charge in [-0.05, 0) is 37.1 Å². The zero-order valence-electron chi connectivity index (χ0n) is 13.9. The predicted octanol–water partition coefficient (Wildman–Crippen LogP) is 3.21. The quantitative estimate of drug-likeness (QED) is 0.898. The minimum atomic E-state index is -0.209. The molecule has 0 spiro atoms. The Bertz CT molecular complexity index is 751. The standard InChI is InChI=1S/C19H21N3O3/c23-19(21-14-8-9-17-18(11-14)25-13-24-17)20-12-16-7-4-10-22(16)15-5-2-1-3-6-15/h1-3,5-6,8-9,11,16H,4,7,10,12-13H2,(H2,20,21,23)/t16-/m0/s1. The molecule has 1 saturated heterocycles. The molecule has 1 atom stereocenters. The van der Waals surface area contributed by atoms with Crippen molar-refractivity contribution in [1.29, 1.82) is 0 Å². The SMILES string of the molecule is O=C(NC[C@@H]1CCCN1c1ccccc1)Nc1ccc2c(c1)OCO2. The van der Waals surface area contributed by atoms with E-state index in [-0.39, 0.29) is 12.8 Å². The fourth-order valence-corrected chi connectivity index (χ4v) is 3.37. The van der Waals surface area contributed by atoms with Gasteiger partial charge in [0.25, 0.3) is 0 Å². The lowest BCUT2D eigenvalue weighted by molar-refractivity contribution is 0.174. The molecule has 1 fully saturated rings. The van der Waals surface area contributed by atoms with Crippen LogP contribution in [0.4, 0.5) is 16.2 Å². The largest absolute Gasteiger partial charge is 0.454 e. The summed E-state index contributed by atoms with van der Waals surface area (Å²) in [6.07, 6.45) is 2.23. The van der Waals surface area contributed by atoms with Crippen molar-refractivity contribution in [3.8, 4) is 11.5 Å². The fraction of sp³-hybridized carbons (Fsp3) is 0.316. The number of carbonyl (C=O) groups excluding carboxylic acids is 1. The Morgan fingerprint density at radius 3 is 2.84 bits per heavy atom. The lowest BCUT2D eigenvalue weighted by Crippen LogP contribution is -2.41. The molecule has 2 N–H and O–H groups in total. The van der Waals surface area contributed by atoms with Crippen LogP contribution in [0.2, 0.25) is 0 Å². The number of nitrogens with zero attached hydrogens (tertiary/aromatic N) is 1. The normalized spacial score (nSPS) is 18.2. The summed E-state index contributed by atoms with van der Waals surface area (Å²) in [6, 6.07) is 15.8. The summed E-state index contributed by atoms with van der Waals surface area (Å²) in [7, 11) is 0. The lowest BCUT2D eigenvalue weighted by atomic mass is 10.2. The summed E-state index contributed by atoms with van der Waals surface area (Å²) in [5, 5.41) is 5.82. The molecule has 2 aromatic rings. The minimum absolute atomic E-state index is 0.209. The van der Waals surface area contributed by atoms with Crippen molar-refractivity contribution in [2.75, 3.05) is 30.1 Å². The summed E-state index contributed by atoms with van der Waals surface area (Å²) >= 11 is 0. The average Bonchev–Trinajstić information content (AvgIpc) is 3.29. The van der Waals surface area contributed by atoms with Crippen LogP contribution in [0.15, 0.2) is 48.5 Å². The van der Waals surface area contributed by atoms with Crippen molar-refractivity contribution < 1.29 is 14.3 Å². The Hall–Kier alpha value is -2.89. The van der Waals surface area contributed by atoms with Crippen molar-refractivity contribution in [2.45, 2.75) is 18.9 Å². The highest BCUT2D eigenvalue weighted by atomic mass is 16.7. The molecule has 0 aromatic heterocycles. The molecule has 0 radical (unpaired) electrons. The van der Waals surface area contributed by atoms with Gasteiger partial charge in [0.05, 0.1) is 0 Å². The van der Waals surface area contributed by atoms with Crippen LogP contribution in [0.5, 0.6) is 11.5 Å². The number of fused-ring (bicyclic) bond motifs is 1. The van der Waals surface area contributed by atoms with Crippen LogP contribution in [0.25, 0.3) is 0 Å². The topological polar surface area (TPSA) is 62.8 Å². The summed E-state index contributed by atoms with van der Waals surface area (Å²) in [5.41, 5.74) is 1.90. The highest BCUT2D eigenvalue weighted by Crippen LogP contribution is 2.34. The van der Waals surface area contributed by atoms with Gasteiger partial charge < -0.3 is 25.0 Å². The molecule has 2 heterocycles. The van der Waals surface area contributed by atoms with E-state index >= 15 is 0 Å². The van der Waals surface area contributed by atoms with Crippen LogP contribution in [-0.2, 0) is 0 Å². The zero-order valence-corrected chi connectivity index (χ0v) is 13.9. The van der Waals surface area contributed by atoms with Gasteiger partial charge in [-0.25, -0.2) is 4.79 Å². The Balaban J connectivity index is 1.32. The van der Waals surface area contributed by atoms with Gasteiger partial charge in [0.1, 0.15) is 0 Å². The first-order valence-corrected chi connectivity index (χ1v) is 8.56. The molecular formula is C19H21N3O3. The van der Waals surface area contributed by atoms with Crippen molar-refractivity contribution in [3.63, 3.8) is 0 Å². The first kappa shape index (κ1) is 15.6. The van der Waals surface area contributed by atoms with Crippen LogP contribution in [0.3, 0.4) is 0 Å². The van der Waals surface area contributed by atoms with E-state index < -0.39 is 0 Å². The molecule has 2 aliphatic rings. The van der Waals surface area contributed by atoms with Crippen LogP contribution in [-0.4, -0.2) is 32.0 Å². The number of nitrogens with one attached hydrogen (secondary N) is 2. The van der Waals surface area contributed by atoms with E-state index in [0.29, 0.717) is 29.8 Å². The summed E-state index contributed by atoms with van der Waals surface area (Å²) < 4.78 is 10.6. The molecular weight excluding hydrogens is 318 g/mol. The van der Waals surface area contributed by atoms with Crippen molar-refractivity contribution in [1.82, 2.24) is 5.32 Å². The van der Waals surface area contributed by atoms with E-state index in [1.807, 2.05) is 18.2 Å². The number of carbonyl (C=O) groups is 1. The van der Waals surface area contributed by atoms with Crippen molar-refractivity contribution in [3.05, 3.63) is 48.5 Å². The molecule has 2 amide bonds. The van der Waals surface area contributed by atoms with Crippen LogP contribution in [0, 0.1) is 0 Å². The highest BCUT2D eigenvalue weighted by molar-refractivity contribution is 5.89. The number of urea groups is 1. The first-order valence-electron chi connectivity index (χ1n) is 8.56. The van der Waals surface area contributed by atoms with E-state index in [0.717, 1.165) is 19.4 Å². The number of amides is 2. The van der Waals surface area contributed by atoms with E-state index in [4.69, 9.17) is 9.47 Å². The van der Waals surface area contributed by atoms with Crippen molar-refractivity contribution >= 4 is 17.4 Å². The number of para-hydroxylation sites is 1. The fourth-order valence-electron chi connectivity index (χ4n) is 3.37. The monoisotopic (exact) mass is 339 g/mol. The van der Waals surface area contributed by atoms with Gasteiger partial charge in [-0.3, -0.25) is 0 Å². The predicted molar refractivity (Wildman–Crippen MR) is 96.4 cm³/mol. The minimum Gasteiger partial charge on any atom is -0.454 e. The van der Waals surface area contributed by atoms with E-state index in [1.54, 1.807) is 18.2 Å². The Kier molecular flexibility index (Phi) is 4.33. The van der Waals surface area contributed by atoms with Crippen LogP contribution in [0.1, 0.15) is 12.8 Å². The third-order valence-corrected chi connectivity index (χ3v) is 4.59. The smallest absolute Gasteiger partial charge is 0.319 e. The van der Waals surface area contributed by atoms with Gasteiger partial charge in [-0.15, -0.1) is 0 Å². The Labute approximate surface area is 146 Å². The maximum Gasteiger partial charge on any atom is 0.319 e. The number of benzene rings is 2. The molecule has 0 aliphatic carbocycles. The van der Waals surface area contributed by atoms with Gasteiger partial charge >= 0.3 is 6.03 Å². The van der Waals surface area contributed by atoms with E-state index in [1.165, 1.54) is 5.69 Å². The second-order valence-electron chi connectivity index (χ2n) is 6.23. The Morgan fingerprint density at radius 1 is 1.12 bits per heavy atom. The molecule has 6 nitrogen and oxygen atoms in total. The lowest BCUT2D eigenvalue weighted by Gasteiger charge is -2.27. The van der Waals surface area contributed by atoms with Gasteiger partial charge in [-0.1, -0.05) is 18.2 Å². The summed E-state index contributed by atoms with van der Waals surface area (Å²) in [6.45, 7) is 1.87. The molecule has 0 bridgehead atoms. The van der Waals surface area contributed by atoms with Gasteiger partial charge in [0.15, 0.2) is 11.5 Å². The molecule has 0 saturated carbocycles. The number of hydrogen-bond donors (Lipinski definition) is 2. The van der Waals surface area contributed by atoms with Crippen LogP contribution >= 0.6 is 0 Å². The number of hydrogen-bond acceptors (Lipinski definition) is 4. The highest BCUT2D eigenvalue weighted by Gasteiger charge is 2.25. The molecule has 25 heavy (non-hydrogen) atoms. The van der Waals surface area contributed by atoms with Gasteiger partial charge in [0, 0.05) is 36.6 Å². The maximum atomic E-state index is 12.2. The maximum absolute atomic E-state index is 12.2. The third-order valence-electron chi connectivity index (χ3n) is 4.59. The van der Waals surface area contributed by atoms with E-state index in [9.17, 15) is 4.79 Å². The number of rotatable bonds is 4. The van der Waals surface area contributed by atoms with Crippen LogP contribution < -0.4 is 25.0 Å². The van der Waals surface area contributed by atoms with Gasteiger partial charge in [-0.2, -0.15) is 0 Å². The summed E-state index contributed by atoms with van der Waals surface area (Å²) in [5.74, 6) is 1.36. The third kappa shape index (κ3) is 3.47. The number of anilines is 2. The average molecular weight is 339 g/mol. The van der Waals surface area contributed by atoms with E-state index in [2.05, 4.69) is 27.7 Å². The summed E-state index contributed by atoms with van der Waals surface area (Å²) in [4.78, 5) is 14.6. The van der Waals surface area contributed by atoms with Gasteiger partial charge in [0.2, 0.25) is 6.79 Å². The van der Waals surface area contributed by atoms with Crippen molar-refractivity contribution in [2.24, 2.45) is 0 Å². The second-order valence-corrected chi connectivity index (χ2v) is 6.23. The second kappa shape index (κ2) is 6.93. The first-order chi connectivity index (χ1) is 12.3. The molecule has 2 aliphatic heterocycles. The molecule has 0 unspecified atom stereocenters. The molecule has 4 rings (SSSR count). The Morgan fingerprint density at radius 2 is 1.96 bits per heavy atom. The molecule has 6 heteroatoms. The molecule has 2 aromatic carbocycles. The number of ether oxygens (including phenoxy) is 2.